The molecule has 1 aromatic carbocycles. The molecule has 3 rings (SSSR count). The molecule has 3 N–H and O–H groups in total. The molecule has 0 radical (unpaired) electrons. The lowest BCUT2D eigenvalue weighted by Gasteiger charge is -2.39. The van der Waals surface area contributed by atoms with Crippen molar-refractivity contribution in [2.24, 2.45) is 17.7 Å². The van der Waals surface area contributed by atoms with Gasteiger partial charge in [-0.25, -0.2) is 0 Å². The number of nitrogens with two attached hydrogens (primary N) is 1. The van der Waals surface area contributed by atoms with Crippen LogP contribution in [0.3, 0.4) is 0 Å². The first-order valence-electron chi connectivity index (χ1n) is 8.33. The van der Waals surface area contributed by atoms with E-state index in [0.29, 0.717) is 12.0 Å². The Hall–Kier alpha value is -0.860. The Morgan fingerprint density at radius 3 is 2.80 bits per heavy atom. The van der Waals surface area contributed by atoms with Crippen LogP contribution in [0.4, 0.5) is 0 Å². The molecule has 0 amide bonds. The molecule has 0 aromatic heterocycles. The summed E-state index contributed by atoms with van der Waals surface area (Å²) in [4.78, 5) is 0. The molecule has 110 valence electrons. The lowest BCUT2D eigenvalue weighted by atomic mass is 9.70. The number of fused-ring (bicyclic) bond motifs is 1. The van der Waals surface area contributed by atoms with E-state index in [-0.39, 0.29) is 0 Å². The molecule has 2 heteroatoms. The van der Waals surface area contributed by atoms with Gasteiger partial charge in [-0.05, 0) is 55.1 Å². The van der Waals surface area contributed by atoms with E-state index < -0.39 is 0 Å². The number of nitrogens with one attached hydrogen (secondary N) is 1. The number of hydrogen-bond donors (Lipinski definition) is 2. The summed E-state index contributed by atoms with van der Waals surface area (Å²) >= 11 is 0. The van der Waals surface area contributed by atoms with Crippen LogP contribution in [0.25, 0.3) is 0 Å². The van der Waals surface area contributed by atoms with Gasteiger partial charge in [0.1, 0.15) is 0 Å². The fourth-order valence-electron chi connectivity index (χ4n) is 4.55. The molecule has 2 aliphatic rings. The van der Waals surface area contributed by atoms with Gasteiger partial charge in [0.2, 0.25) is 0 Å². The van der Waals surface area contributed by atoms with Crippen LogP contribution in [0.2, 0.25) is 0 Å². The maximum atomic E-state index is 5.99. The van der Waals surface area contributed by atoms with E-state index in [1.807, 2.05) is 0 Å². The molecular formula is C18H28N2. The molecule has 4 unspecified atom stereocenters. The molecule has 2 nitrogen and oxygen atoms in total. The van der Waals surface area contributed by atoms with E-state index in [4.69, 9.17) is 5.84 Å². The van der Waals surface area contributed by atoms with Crippen LogP contribution < -0.4 is 11.3 Å². The number of hydrazine groups is 1. The predicted molar refractivity (Wildman–Crippen MR) is 84.4 cm³/mol. The lowest BCUT2D eigenvalue weighted by molar-refractivity contribution is 0.195. The largest absolute Gasteiger partial charge is 0.271 e. The molecular weight excluding hydrogens is 244 g/mol. The van der Waals surface area contributed by atoms with E-state index in [1.165, 1.54) is 44.9 Å². The van der Waals surface area contributed by atoms with Gasteiger partial charge in [-0.3, -0.25) is 11.3 Å². The summed E-state index contributed by atoms with van der Waals surface area (Å²) in [6.45, 7) is 2.40. The SMILES string of the molecule is CC1CCCC(C(NN)C2CCCc3ccccc32)C1. The van der Waals surface area contributed by atoms with Crippen molar-refractivity contribution < 1.29 is 0 Å². The zero-order valence-corrected chi connectivity index (χ0v) is 12.6. The van der Waals surface area contributed by atoms with Crippen molar-refractivity contribution in [3.63, 3.8) is 0 Å². The minimum Gasteiger partial charge on any atom is -0.271 e. The normalized spacial score (nSPS) is 31.6. The second kappa shape index (κ2) is 6.28. The summed E-state index contributed by atoms with van der Waals surface area (Å²) in [6.07, 6.45) is 9.29. The van der Waals surface area contributed by atoms with Crippen molar-refractivity contribution in [1.29, 1.82) is 0 Å². The lowest BCUT2D eigenvalue weighted by Crippen LogP contribution is -2.47. The topological polar surface area (TPSA) is 38.0 Å². The average molecular weight is 272 g/mol. The summed E-state index contributed by atoms with van der Waals surface area (Å²) in [6, 6.07) is 9.45. The fourth-order valence-corrected chi connectivity index (χ4v) is 4.55. The molecule has 0 spiro atoms. The highest BCUT2D eigenvalue weighted by Crippen LogP contribution is 2.40. The first-order valence-corrected chi connectivity index (χ1v) is 8.33. The van der Waals surface area contributed by atoms with Crippen LogP contribution >= 0.6 is 0 Å². The molecule has 20 heavy (non-hydrogen) atoms. The fraction of sp³-hybridized carbons (Fsp3) is 0.667. The van der Waals surface area contributed by atoms with Gasteiger partial charge in [0.15, 0.2) is 0 Å². The van der Waals surface area contributed by atoms with Crippen molar-refractivity contribution in [2.45, 2.75) is 63.8 Å². The molecule has 0 aliphatic heterocycles. The van der Waals surface area contributed by atoms with Crippen LogP contribution in [0.15, 0.2) is 24.3 Å². The van der Waals surface area contributed by atoms with Crippen LogP contribution in [0.1, 0.15) is 62.5 Å². The van der Waals surface area contributed by atoms with Crippen molar-refractivity contribution in [3.8, 4) is 0 Å². The van der Waals surface area contributed by atoms with Gasteiger partial charge >= 0.3 is 0 Å². The van der Waals surface area contributed by atoms with Gasteiger partial charge in [0, 0.05) is 12.0 Å². The standard InChI is InChI=1S/C18H28N2/c1-13-6-4-9-15(12-13)18(20-19)17-11-5-8-14-7-2-3-10-16(14)17/h2-3,7,10,13,15,17-18,20H,4-6,8-9,11-12,19H2,1H3. The first kappa shape index (κ1) is 14.1. The minimum atomic E-state index is 0.458. The second-order valence-electron chi connectivity index (χ2n) is 6.92. The quantitative estimate of drug-likeness (QED) is 0.649. The van der Waals surface area contributed by atoms with E-state index in [9.17, 15) is 0 Å². The van der Waals surface area contributed by atoms with Gasteiger partial charge in [-0.15, -0.1) is 0 Å². The van der Waals surface area contributed by atoms with E-state index in [2.05, 4.69) is 36.6 Å². The van der Waals surface area contributed by atoms with Gasteiger partial charge in [-0.2, -0.15) is 0 Å². The summed E-state index contributed by atoms with van der Waals surface area (Å²) in [5, 5.41) is 0. The number of rotatable bonds is 3. The van der Waals surface area contributed by atoms with E-state index in [1.54, 1.807) is 11.1 Å². The molecule has 0 saturated heterocycles. The Kier molecular flexibility index (Phi) is 4.42. The number of hydrogen-bond acceptors (Lipinski definition) is 2. The minimum absolute atomic E-state index is 0.458. The highest BCUT2D eigenvalue weighted by molar-refractivity contribution is 5.34. The van der Waals surface area contributed by atoms with Gasteiger partial charge in [0.05, 0.1) is 0 Å². The van der Waals surface area contributed by atoms with Gasteiger partial charge in [-0.1, -0.05) is 44.0 Å². The molecule has 1 fully saturated rings. The van der Waals surface area contributed by atoms with E-state index in [0.717, 1.165) is 11.8 Å². The Morgan fingerprint density at radius 1 is 1.15 bits per heavy atom. The first-order chi connectivity index (χ1) is 9.79. The Morgan fingerprint density at radius 2 is 2.00 bits per heavy atom. The number of aryl methyl sites for hydroxylation is 1. The van der Waals surface area contributed by atoms with Crippen LogP contribution in [-0.4, -0.2) is 6.04 Å². The molecule has 1 saturated carbocycles. The van der Waals surface area contributed by atoms with Crippen molar-refractivity contribution in [2.75, 3.05) is 0 Å². The van der Waals surface area contributed by atoms with Crippen molar-refractivity contribution in [3.05, 3.63) is 35.4 Å². The van der Waals surface area contributed by atoms with Crippen LogP contribution in [0, 0.1) is 11.8 Å². The smallest absolute Gasteiger partial charge is 0.0307 e. The summed E-state index contributed by atoms with van der Waals surface area (Å²) < 4.78 is 0. The van der Waals surface area contributed by atoms with Gasteiger partial charge in [0.25, 0.3) is 0 Å². The highest BCUT2D eigenvalue weighted by atomic mass is 15.2. The maximum absolute atomic E-state index is 5.99. The van der Waals surface area contributed by atoms with Crippen LogP contribution in [0.5, 0.6) is 0 Å². The maximum Gasteiger partial charge on any atom is 0.0307 e. The number of benzene rings is 1. The Balaban J connectivity index is 1.83. The summed E-state index contributed by atoms with van der Waals surface area (Å²) in [5.74, 6) is 8.21. The molecule has 0 heterocycles. The summed E-state index contributed by atoms with van der Waals surface area (Å²) in [5.41, 5.74) is 6.31. The van der Waals surface area contributed by atoms with E-state index >= 15 is 0 Å². The Labute approximate surface area is 123 Å². The average Bonchev–Trinajstić information content (AvgIpc) is 2.48. The molecule has 1 aromatic rings. The van der Waals surface area contributed by atoms with Crippen molar-refractivity contribution in [1.82, 2.24) is 5.43 Å². The van der Waals surface area contributed by atoms with Gasteiger partial charge < -0.3 is 0 Å². The monoisotopic (exact) mass is 272 g/mol. The molecule has 4 atom stereocenters. The predicted octanol–water partition coefficient (Wildman–Crippen LogP) is 3.76. The van der Waals surface area contributed by atoms with Crippen molar-refractivity contribution >= 4 is 0 Å². The van der Waals surface area contributed by atoms with Crippen LogP contribution in [-0.2, 0) is 6.42 Å². The molecule has 0 bridgehead atoms. The summed E-state index contributed by atoms with van der Waals surface area (Å²) in [7, 11) is 0. The third kappa shape index (κ3) is 2.77. The third-order valence-electron chi connectivity index (χ3n) is 5.53. The second-order valence-corrected chi connectivity index (χ2v) is 6.92. The zero-order chi connectivity index (χ0) is 13.9. The zero-order valence-electron chi connectivity index (χ0n) is 12.6. The third-order valence-corrected chi connectivity index (χ3v) is 5.53. The molecule has 2 aliphatic carbocycles. The Bertz CT molecular complexity index is 443. The highest BCUT2D eigenvalue weighted by Gasteiger charge is 2.34.